The van der Waals surface area contributed by atoms with Gasteiger partial charge in [0.15, 0.2) is 5.65 Å². The zero-order valence-corrected chi connectivity index (χ0v) is 10.7. The molecule has 1 aromatic carbocycles. The van der Waals surface area contributed by atoms with Gasteiger partial charge in [0.05, 0.1) is 17.0 Å². The molecular weight excluding hydrogens is 270 g/mol. The molecule has 0 atom stereocenters. The standard InChI is InChI=1S/C14H9N5O2/c15-8-9-3-5-10(6-4-9)17-12-11-2-1-7-16-13(11)19(21)14(20)18-12/h1-7,21H,(H,17,18,20). The average Bonchev–Trinajstić information content (AvgIpc) is 2.53. The summed E-state index contributed by atoms with van der Waals surface area (Å²) in [6.45, 7) is 0. The van der Waals surface area contributed by atoms with Crippen molar-refractivity contribution >= 4 is 22.5 Å². The Morgan fingerprint density at radius 2 is 2.00 bits per heavy atom. The first-order valence-electron chi connectivity index (χ1n) is 6.03. The average molecular weight is 279 g/mol. The number of aromatic nitrogens is 3. The molecule has 0 bridgehead atoms. The zero-order chi connectivity index (χ0) is 14.8. The molecule has 0 spiro atoms. The maximum absolute atomic E-state index is 11.6. The van der Waals surface area contributed by atoms with Crippen molar-refractivity contribution in [1.82, 2.24) is 14.7 Å². The summed E-state index contributed by atoms with van der Waals surface area (Å²) in [7, 11) is 0. The molecule has 0 unspecified atom stereocenters. The second-order valence-corrected chi connectivity index (χ2v) is 4.24. The minimum atomic E-state index is -0.822. The number of benzene rings is 1. The van der Waals surface area contributed by atoms with E-state index in [2.05, 4.69) is 15.3 Å². The monoisotopic (exact) mass is 279 g/mol. The van der Waals surface area contributed by atoms with Gasteiger partial charge in [-0.1, -0.05) is 0 Å². The molecular formula is C14H9N5O2. The van der Waals surface area contributed by atoms with Gasteiger partial charge in [0.2, 0.25) is 0 Å². The molecule has 7 nitrogen and oxygen atoms in total. The summed E-state index contributed by atoms with van der Waals surface area (Å²) in [5, 5.41) is 21.9. The lowest BCUT2D eigenvalue weighted by Gasteiger charge is -2.09. The number of hydrogen-bond donors (Lipinski definition) is 2. The molecule has 3 aromatic rings. The van der Waals surface area contributed by atoms with E-state index in [9.17, 15) is 10.0 Å². The summed E-state index contributed by atoms with van der Waals surface area (Å²) in [5.41, 5.74) is 0.499. The second kappa shape index (κ2) is 4.94. The highest BCUT2D eigenvalue weighted by Crippen LogP contribution is 2.21. The van der Waals surface area contributed by atoms with Gasteiger partial charge < -0.3 is 10.5 Å². The SMILES string of the molecule is N#Cc1ccc(Nc2nc(=O)n(O)c3ncccc23)cc1. The van der Waals surface area contributed by atoms with Crippen LogP contribution in [0.2, 0.25) is 0 Å². The summed E-state index contributed by atoms with van der Waals surface area (Å²) in [6.07, 6.45) is 1.47. The largest absolute Gasteiger partial charge is 0.422 e. The molecule has 7 heteroatoms. The number of fused-ring (bicyclic) bond motifs is 1. The second-order valence-electron chi connectivity index (χ2n) is 4.24. The third kappa shape index (κ3) is 2.26. The Hall–Kier alpha value is -3.40. The Kier molecular flexibility index (Phi) is 2.97. The van der Waals surface area contributed by atoms with Crippen LogP contribution >= 0.6 is 0 Å². The summed E-state index contributed by atoms with van der Waals surface area (Å²) >= 11 is 0. The minimum Gasteiger partial charge on any atom is -0.422 e. The van der Waals surface area contributed by atoms with Crippen molar-refractivity contribution in [3.8, 4) is 6.07 Å². The van der Waals surface area contributed by atoms with Crippen LogP contribution in [-0.4, -0.2) is 19.9 Å². The molecule has 0 aliphatic carbocycles. The third-order valence-corrected chi connectivity index (χ3v) is 2.91. The summed E-state index contributed by atoms with van der Waals surface area (Å²) < 4.78 is 0.402. The maximum atomic E-state index is 11.6. The van der Waals surface area contributed by atoms with Crippen molar-refractivity contribution in [1.29, 1.82) is 5.26 Å². The number of nitrogens with one attached hydrogen (secondary N) is 1. The third-order valence-electron chi connectivity index (χ3n) is 2.91. The van der Waals surface area contributed by atoms with Crippen LogP contribution in [0.4, 0.5) is 11.5 Å². The van der Waals surface area contributed by atoms with E-state index in [0.717, 1.165) is 0 Å². The molecule has 0 aliphatic rings. The van der Waals surface area contributed by atoms with Gasteiger partial charge in [-0.3, -0.25) is 0 Å². The van der Waals surface area contributed by atoms with Crippen molar-refractivity contribution in [2.75, 3.05) is 5.32 Å². The molecule has 102 valence electrons. The highest BCUT2D eigenvalue weighted by atomic mass is 16.5. The molecule has 0 fully saturated rings. The summed E-state index contributed by atoms with van der Waals surface area (Å²) in [6, 6.07) is 12.1. The van der Waals surface area contributed by atoms with Crippen LogP contribution in [-0.2, 0) is 0 Å². The van der Waals surface area contributed by atoms with Gasteiger partial charge in [-0.05, 0) is 36.4 Å². The van der Waals surface area contributed by atoms with E-state index in [1.807, 2.05) is 6.07 Å². The Labute approximate surface area is 118 Å². The van der Waals surface area contributed by atoms with Gasteiger partial charge >= 0.3 is 5.69 Å². The predicted molar refractivity (Wildman–Crippen MR) is 75.4 cm³/mol. The number of rotatable bonds is 2. The lowest BCUT2D eigenvalue weighted by molar-refractivity contribution is 0.182. The van der Waals surface area contributed by atoms with Crippen LogP contribution in [0.3, 0.4) is 0 Å². The van der Waals surface area contributed by atoms with E-state index in [4.69, 9.17) is 5.26 Å². The van der Waals surface area contributed by atoms with Crippen molar-refractivity contribution < 1.29 is 5.21 Å². The number of hydrogen-bond acceptors (Lipinski definition) is 6. The maximum Gasteiger partial charge on any atom is 0.384 e. The van der Waals surface area contributed by atoms with Gasteiger partial charge in [-0.2, -0.15) is 10.2 Å². The van der Waals surface area contributed by atoms with E-state index in [-0.39, 0.29) is 11.5 Å². The topological polar surface area (TPSA) is 104 Å². The van der Waals surface area contributed by atoms with Crippen molar-refractivity contribution in [3.05, 3.63) is 58.6 Å². The quantitative estimate of drug-likeness (QED) is 0.691. The molecule has 0 saturated heterocycles. The van der Waals surface area contributed by atoms with E-state index in [1.165, 1.54) is 6.20 Å². The summed E-state index contributed by atoms with van der Waals surface area (Å²) in [5.74, 6) is 0.290. The molecule has 0 amide bonds. The van der Waals surface area contributed by atoms with Crippen LogP contribution < -0.4 is 11.0 Å². The fraction of sp³-hybridized carbons (Fsp3) is 0. The lowest BCUT2D eigenvalue weighted by atomic mass is 10.2. The van der Waals surface area contributed by atoms with Gasteiger partial charge in [-0.25, -0.2) is 9.78 Å². The minimum absolute atomic E-state index is 0.119. The van der Waals surface area contributed by atoms with Crippen LogP contribution in [0.1, 0.15) is 5.56 Å². The molecule has 0 radical (unpaired) electrons. The summed E-state index contributed by atoms with van der Waals surface area (Å²) in [4.78, 5) is 19.4. The highest BCUT2D eigenvalue weighted by Gasteiger charge is 2.10. The van der Waals surface area contributed by atoms with Crippen LogP contribution in [0.25, 0.3) is 11.0 Å². The Bertz CT molecular complexity index is 909. The van der Waals surface area contributed by atoms with Crippen LogP contribution in [0, 0.1) is 11.3 Å². The molecule has 3 rings (SSSR count). The molecule has 2 aromatic heterocycles. The Morgan fingerprint density at radius 3 is 2.71 bits per heavy atom. The number of nitrogens with zero attached hydrogens (tertiary/aromatic N) is 4. The zero-order valence-electron chi connectivity index (χ0n) is 10.7. The molecule has 2 heterocycles. The Balaban J connectivity index is 2.10. The van der Waals surface area contributed by atoms with Crippen molar-refractivity contribution in [3.63, 3.8) is 0 Å². The molecule has 2 N–H and O–H groups in total. The van der Waals surface area contributed by atoms with Crippen molar-refractivity contribution in [2.45, 2.75) is 0 Å². The lowest BCUT2D eigenvalue weighted by Crippen LogP contribution is -2.23. The first-order valence-corrected chi connectivity index (χ1v) is 6.03. The smallest absolute Gasteiger partial charge is 0.384 e. The van der Waals surface area contributed by atoms with Gasteiger partial charge in [0.1, 0.15) is 5.82 Å². The van der Waals surface area contributed by atoms with Gasteiger partial charge in [0, 0.05) is 11.9 Å². The van der Waals surface area contributed by atoms with Crippen LogP contribution in [0.15, 0.2) is 47.4 Å². The fourth-order valence-corrected chi connectivity index (χ4v) is 1.90. The first kappa shape index (κ1) is 12.6. The van der Waals surface area contributed by atoms with Crippen LogP contribution in [0.5, 0.6) is 0 Å². The fourth-order valence-electron chi connectivity index (χ4n) is 1.90. The predicted octanol–water partition coefficient (Wildman–Crippen LogP) is 1.64. The van der Waals surface area contributed by atoms with Crippen molar-refractivity contribution in [2.24, 2.45) is 0 Å². The number of nitriles is 1. The van der Waals surface area contributed by atoms with E-state index in [1.54, 1.807) is 36.4 Å². The molecule has 0 saturated carbocycles. The Morgan fingerprint density at radius 1 is 1.24 bits per heavy atom. The normalized spacial score (nSPS) is 10.2. The molecule has 21 heavy (non-hydrogen) atoms. The first-order chi connectivity index (χ1) is 10.2. The van der Waals surface area contributed by atoms with E-state index >= 15 is 0 Å². The van der Waals surface area contributed by atoms with E-state index < -0.39 is 5.69 Å². The van der Waals surface area contributed by atoms with Gasteiger partial charge in [-0.15, -0.1) is 4.73 Å². The highest BCUT2D eigenvalue weighted by molar-refractivity contribution is 5.88. The van der Waals surface area contributed by atoms with E-state index in [0.29, 0.717) is 21.4 Å². The number of pyridine rings is 1. The molecule has 0 aliphatic heterocycles. The number of anilines is 2. The van der Waals surface area contributed by atoms with Gasteiger partial charge in [0.25, 0.3) is 0 Å².